The lowest BCUT2D eigenvalue weighted by molar-refractivity contribution is -0.156. The summed E-state index contributed by atoms with van der Waals surface area (Å²) in [5.74, 6) is 2.02. The number of ether oxygens (including phenoxy) is 2. The normalized spacial score (nSPS) is 26.6. The number of aryl methyl sites for hydroxylation is 1. The predicted octanol–water partition coefficient (Wildman–Crippen LogP) is 3.57. The largest absolute Gasteiger partial charge is 0.465 e. The monoisotopic (exact) mass is 356 g/mol. The third kappa shape index (κ3) is 4.00. The number of furan rings is 1. The molecule has 5 heteroatoms. The van der Waals surface area contributed by atoms with Crippen LogP contribution < -0.4 is 0 Å². The molecule has 0 N–H and O–H groups in total. The first kappa shape index (κ1) is 17.7. The molecular formula is C21H28N2O3. The van der Waals surface area contributed by atoms with Crippen LogP contribution in [-0.4, -0.2) is 42.3 Å². The van der Waals surface area contributed by atoms with Gasteiger partial charge in [0.2, 0.25) is 0 Å². The second-order valence-corrected chi connectivity index (χ2v) is 7.69. The summed E-state index contributed by atoms with van der Waals surface area (Å²) in [4.78, 5) is 6.57. The van der Waals surface area contributed by atoms with E-state index in [0.29, 0.717) is 12.7 Å². The van der Waals surface area contributed by atoms with Gasteiger partial charge in [-0.2, -0.15) is 0 Å². The Labute approximate surface area is 155 Å². The van der Waals surface area contributed by atoms with E-state index in [-0.39, 0.29) is 5.41 Å². The highest BCUT2D eigenvalue weighted by molar-refractivity contribution is 5.08. The first-order valence-electron chi connectivity index (χ1n) is 9.59. The van der Waals surface area contributed by atoms with E-state index in [4.69, 9.17) is 13.9 Å². The highest BCUT2D eigenvalue weighted by Gasteiger charge is 2.46. The molecule has 0 saturated carbocycles. The molecule has 2 fully saturated rings. The van der Waals surface area contributed by atoms with Gasteiger partial charge in [-0.05, 0) is 56.0 Å². The Morgan fingerprint density at radius 1 is 1.27 bits per heavy atom. The van der Waals surface area contributed by atoms with Crippen LogP contribution in [0.4, 0.5) is 0 Å². The van der Waals surface area contributed by atoms with Gasteiger partial charge in [-0.25, -0.2) is 0 Å². The number of hydrogen-bond acceptors (Lipinski definition) is 5. The molecule has 0 radical (unpaired) electrons. The highest BCUT2D eigenvalue weighted by atomic mass is 16.5. The predicted molar refractivity (Wildman–Crippen MR) is 98.6 cm³/mol. The molecule has 2 aliphatic heterocycles. The second-order valence-electron chi connectivity index (χ2n) is 7.69. The summed E-state index contributed by atoms with van der Waals surface area (Å²) in [5.41, 5.74) is 1.26. The van der Waals surface area contributed by atoms with Crippen molar-refractivity contribution >= 4 is 0 Å². The lowest BCUT2D eigenvalue weighted by Crippen LogP contribution is -2.56. The molecule has 0 aliphatic carbocycles. The number of pyridine rings is 1. The van der Waals surface area contributed by atoms with E-state index in [2.05, 4.69) is 16.0 Å². The van der Waals surface area contributed by atoms with Crippen LogP contribution in [-0.2, 0) is 22.6 Å². The van der Waals surface area contributed by atoms with Crippen LogP contribution in [0.1, 0.15) is 36.3 Å². The molecule has 4 rings (SSSR count). The van der Waals surface area contributed by atoms with Crippen molar-refractivity contribution in [1.82, 2.24) is 9.88 Å². The van der Waals surface area contributed by atoms with Crippen molar-refractivity contribution in [3.63, 3.8) is 0 Å². The van der Waals surface area contributed by atoms with Gasteiger partial charge < -0.3 is 13.9 Å². The maximum Gasteiger partial charge on any atom is 0.118 e. The average Bonchev–Trinajstić information content (AvgIpc) is 3.07. The molecule has 2 atom stereocenters. The quantitative estimate of drug-likeness (QED) is 0.792. The topological polar surface area (TPSA) is 47.7 Å². The first-order chi connectivity index (χ1) is 12.7. The molecule has 2 unspecified atom stereocenters. The molecule has 26 heavy (non-hydrogen) atoms. The zero-order valence-corrected chi connectivity index (χ0v) is 15.5. The number of nitrogens with zero attached hydrogens (tertiary/aromatic N) is 2. The zero-order valence-electron chi connectivity index (χ0n) is 15.5. The summed E-state index contributed by atoms with van der Waals surface area (Å²) >= 11 is 0. The summed E-state index contributed by atoms with van der Waals surface area (Å²) in [7, 11) is 0. The Balaban J connectivity index is 1.40. The number of fused-ring (bicyclic) bond motifs is 1. The summed E-state index contributed by atoms with van der Waals surface area (Å²) in [5, 5.41) is 0. The van der Waals surface area contributed by atoms with Crippen molar-refractivity contribution in [3.8, 4) is 0 Å². The van der Waals surface area contributed by atoms with Gasteiger partial charge in [0.1, 0.15) is 11.5 Å². The third-order valence-electron chi connectivity index (χ3n) is 5.65. The third-order valence-corrected chi connectivity index (χ3v) is 5.65. The molecule has 2 saturated heterocycles. The van der Waals surface area contributed by atoms with Crippen LogP contribution in [0.2, 0.25) is 0 Å². The van der Waals surface area contributed by atoms with Crippen LogP contribution in [0.3, 0.4) is 0 Å². The molecule has 0 aromatic carbocycles. The molecule has 0 bridgehead atoms. The summed E-state index contributed by atoms with van der Waals surface area (Å²) in [6.45, 7) is 7.19. The summed E-state index contributed by atoms with van der Waals surface area (Å²) < 4.78 is 18.1. The standard InChI is InChI=1S/C21H28N2O3/c1-17-3-4-19(26-17)13-23-11-7-20-21(15-23,8-2-12-25-20)16-24-14-18-5-9-22-10-6-18/h3-6,9-10,20H,2,7-8,11-16H2,1H3. The fourth-order valence-electron chi connectivity index (χ4n) is 4.37. The minimum absolute atomic E-state index is 0.0885. The van der Waals surface area contributed by atoms with E-state index >= 15 is 0 Å². The van der Waals surface area contributed by atoms with Crippen LogP contribution in [0.5, 0.6) is 0 Å². The van der Waals surface area contributed by atoms with Crippen LogP contribution >= 0.6 is 0 Å². The van der Waals surface area contributed by atoms with Gasteiger partial charge in [-0.3, -0.25) is 9.88 Å². The Hall–Kier alpha value is -1.69. The Morgan fingerprint density at radius 3 is 2.96 bits per heavy atom. The number of rotatable bonds is 6. The molecule has 2 aliphatic rings. The van der Waals surface area contributed by atoms with Crippen molar-refractivity contribution in [1.29, 1.82) is 0 Å². The molecule has 0 amide bonds. The van der Waals surface area contributed by atoms with Gasteiger partial charge in [-0.15, -0.1) is 0 Å². The molecular weight excluding hydrogens is 328 g/mol. The smallest absolute Gasteiger partial charge is 0.118 e. The number of likely N-dealkylation sites (tertiary alicyclic amines) is 1. The van der Waals surface area contributed by atoms with E-state index in [1.54, 1.807) is 0 Å². The summed E-state index contributed by atoms with van der Waals surface area (Å²) in [6, 6.07) is 8.16. The minimum Gasteiger partial charge on any atom is -0.465 e. The number of aromatic nitrogens is 1. The van der Waals surface area contributed by atoms with Gasteiger partial charge in [-0.1, -0.05) is 0 Å². The minimum atomic E-state index is 0.0885. The lowest BCUT2D eigenvalue weighted by Gasteiger charge is -2.50. The van der Waals surface area contributed by atoms with Gasteiger partial charge >= 0.3 is 0 Å². The number of piperidine rings is 1. The lowest BCUT2D eigenvalue weighted by atomic mass is 9.73. The van der Waals surface area contributed by atoms with E-state index in [1.807, 2.05) is 37.5 Å². The Kier molecular flexibility index (Phi) is 5.38. The van der Waals surface area contributed by atoms with Gasteiger partial charge in [0.15, 0.2) is 0 Å². The van der Waals surface area contributed by atoms with E-state index < -0.39 is 0 Å². The molecule has 4 heterocycles. The van der Waals surface area contributed by atoms with Gasteiger partial charge in [0, 0.05) is 37.5 Å². The average molecular weight is 356 g/mol. The SMILES string of the molecule is Cc1ccc(CN2CCC3OCCCC3(COCc3ccncc3)C2)o1. The summed E-state index contributed by atoms with van der Waals surface area (Å²) in [6.07, 6.45) is 7.29. The van der Waals surface area contributed by atoms with Gasteiger partial charge in [0.05, 0.1) is 25.9 Å². The Bertz CT molecular complexity index is 702. The van der Waals surface area contributed by atoms with E-state index in [0.717, 1.165) is 57.2 Å². The fraction of sp³-hybridized carbons (Fsp3) is 0.571. The fourth-order valence-corrected chi connectivity index (χ4v) is 4.37. The molecule has 2 aromatic rings. The van der Waals surface area contributed by atoms with Crippen LogP contribution in [0, 0.1) is 12.3 Å². The zero-order chi connectivity index (χ0) is 17.8. The second kappa shape index (κ2) is 7.91. The van der Waals surface area contributed by atoms with Crippen molar-refractivity contribution < 1.29 is 13.9 Å². The van der Waals surface area contributed by atoms with Crippen molar-refractivity contribution in [2.75, 3.05) is 26.3 Å². The molecule has 140 valence electrons. The highest BCUT2D eigenvalue weighted by Crippen LogP contribution is 2.41. The molecule has 0 spiro atoms. The maximum atomic E-state index is 6.16. The number of hydrogen-bond donors (Lipinski definition) is 0. The van der Waals surface area contributed by atoms with Crippen LogP contribution in [0.15, 0.2) is 41.1 Å². The Morgan fingerprint density at radius 2 is 2.15 bits per heavy atom. The first-order valence-corrected chi connectivity index (χ1v) is 9.59. The molecule has 2 aromatic heterocycles. The van der Waals surface area contributed by atoms with Crippen molar-refractivity contribution in [3.05, 3.63) is 53.7 Å². The van der Waals surface area contributed by atoms with Gasteiger partial charge in [0.25, 0.3) is 0 Å². The van der Waals surface area contributed by atoms with Crippen molar-refractivity contribution in [2.45, 2.75) is 45.4 Å². The van der Waals surface area contributed by atoms with Crippen molar-refractivity contribution in [2.24, 2.45) is 5.41 Å². The maximum absolute atomic E-state index is 6.16. The van der Waals surface area contributed by atoms with Crippen LogP contribution in [0.25, 0.3) is 0 Å². The van der Waals surface area contributed by atoms with E-state index in [9.17, 15) is 0 Å². The molecule has 5 nitrogen and oxygen atoms in total. The van der Waals surface area contributed by atoms with E-state index in [1.165, 1.54) is 12.0 Å².